The minimum atomic E-state index is -3.79. The molecule has 2 aromatic rings. The number of carbonyl (C=O) groups is 1. The second kappa shape index (κ2) is 8.95. The van der Waals surface area contributed by atoms with Crippen LogP contribution < -0.4 is 19.5 Å². The highest BCUT2D eigenvalue weighted by Crippen LogP contribution is 2.32. The van der Waals surface area contributed by atoms with Gasteiger partial charge in [0.15, 0.2) is 11.5 Å². The van der Waals surface area contributed by atoms with Crippen molar-refractivity contribution in [1.82, 2.24) is 5.32 Å². The lowest BCUT2D eigenvalue weighted by molar-refractivity contribution is 0.0933. The van der Waals surface area contributed by atoms with Gasteiger partial charge in [0.05, 0.1) is 4.90 Å². The second-order valence-corrected chi connectivity index (χ2v) is 9.33. The number of carbonyl (C=O) groups excluding carboxylic acids is 1. The van der Waals surface area contributed by atoms with Crippen LogP contribution in [0, 0.1) is 0 Å². The molecule has 0 radical (unpaired) electrons. The third-order valence-electron chi connectivity index (χ3n) is 5.41. The van der Waals surface area contributed by atoms with Gasteiger partial charge < -0.3 is 14.8 Å². The summed E-state index contributed by atoms with van der Waals surface area (Å²) in [6.07, 6.45) is 6.77. The number of ether oxygens (including phenoxy) is 2. The van der Waals surface area contributed by atoms with Crippen molar-refractivity contribution < 1.29 is 22.7 Å². The first-order valence-electron chi connectivity index (χ1n) is 10.3. The van der Waals surface area contributed by atoms with Crippen molar-refractivity contribution in [2.45, 2.75) is 49.5 Å². The molecule has 0 bridgehead atoms. The summed E-state index contributed by atoms with van der Waals surface area (Å²) in [6, 6.07) is 11.2. The highest BCUT2D eigenvalue weighted by atomic mass is 32.2. The van der Waals surface area contributed by atoms with Gasteiger partial charge in [-0.1, -0.05) is 25.7 Å². The van der Waals surface area contributed by atoms with Crippen molar-refractivity contribution in [3.8, 4) is 11.5 Å². The Morgan fingerprint density at radius 3 is 2.23 bits per heavy atom. The maximum absolute atomic E-state index is 12.7. The Bertz CT molecular complexity index is 997. The summed E-state index contributed by atoms with van der Waals surface area (Å²) in [6.45, 7) is 0.826. The van der Waals surface area contributed by atoms with Gasteiger partial charge in [-0.15, -0.1) is 0 Å². The van der Waals surface area contributed by atoms with Crippen LogP contribution in [-0.4, -0.2) is 33.6 Å². The van der Waals surface area contributed by atoms with Gasteiger partial charge in [-0.05, 0) is 49.2 Å². The van der Waals surface area contributed by atoms with Gasteiger partial charge in [-0.3, -0.25) is 9.52 Å². The summed E-state index contributed by atoms with van der Waals surface area (Å²) in [5.74, 6) is 0.821. The summed E-state index contributed by atoms with van der Waals surface area (Å²) < 4.78 is 38.9. The molecule has 2 aromatic carbocycles. The summed E-state index contributed by atoms with van der Waals surface area (Å²) in [7, 11) is -3.79. The molecule has 2 N–H and O–H groups in total. The van der Waals surface area contributed by atoms with Gasteiger partial charge in [0.2, 0.25) is 0 Å². The number of amides is 1. The van der Waals surface area contributed by atoms with Gasteiger partial charge in [-0.2, -0.15) is 0 Å². The lowest BCUT2D eigenvalue weighted by atomic mass is 10.1. The van der Waals surface area contributed by atoms with Gasteiger partial charge in [0.1, 0.15) is 13.2 Å². The Hall–Kier alpha value is -2.74. The van der Waals surface area contributed by atoms with E-state index in [2.05, 4.69) is 10.0 Å². The number of fused-ring (bicyclic) bond motifs is 1. The quantitative estimate of drug-likeness (QED) is 0.706. The van der Waals surface area contributed by atoms with E-state index in [1.54, 1.807) is 30.3 Å². The maximum atomic E-state index is 12.7. The van der Waals surface area contributed by atoms with E-state index in [-0.39, 0.29) is 16.8 Å². The van der Waals surface area contributed by atoms with E-state index in [1.807, 2.05) is 0 Å². The molecule has 0 aromatic heterocycles. The highest BCUT2D eigenvalue weighted by molar-refractivity contribution is 7.92. The molecule has 1 heterocycles. The average molecular weight is 431 g/mol. The van der Waals surface area contributed by atoms with E-state index in [1.165, 1.54) is 25.0 Å². The van der Waals surface area contributed by atoms with Crippen LogP contribution in [0.15, 0.2) is 47.4 Å². The van der Waals surface area contributed by atoms with Crippen molar-refractivity contribution in [1.29, 1.82) is 0 Å². The van der Waals surface area contributed by atoms with Crippen LogP contribution in [-0.2, 0) is 10.0 Å². The lowest BCUT2D eigenvalue weighted by Crippen LogP contribution is -2.34. The van der Waals surface area contributed by atoms with Crippen molar-refractivity contribution >= 4 is 21.6 Å². The van der Waals surface area contributed by atoms with Crippen LogP contribution in [0.2, 0.25) is 0 Å². The van der Waals surface area contributed by atoms with Gasteiger partial charge in [0.25, 0.3) is 15.9 Å². The number of nitrogens with one attached hydrogen (secondary N) is 2. The topological polar surface area (TPSA) is 93.7 Å². The number of sulfonamides is 1. The minimum Gasteiger partial charge on any atom is -0.486 e. The van der Waals surface area contributed by atoms with E-state index < -0.39 is 10.0 Å². The Morgan fingerprint density at radius 2 is 1.53 bits per heavy atom. The number of hydrogen-bond donors (Lipinski definition) is 2. The molecule has 7 nitrogen and oxygen atoms in total. The summed E-state index contributed by atoms with van der Waals surface area (Å²) in [5.41, 5.74) is 0.900. The Labute approximate surface area is 176 Å². The number of hydrogen-bond acceptors (Lipinski definition) is 5. The standard InChI is InChI=1S/C22H26N2O5S/c25-22(23-17-5-3-1-2-4-6-17)16-7-9-18(10-8-16)24-30(26,27)19-11-12-20-21(15-19)29-14-13-28-20/h7-12,15,17,24H,1-6,13-14H2,(H,23,25). The first-order valence-corrected chi connectivity index (χ1v) is 11.8. The monoisotopic (exact) mass is 430 g/mol. The van der Waals surface area contributed by atoms with Gasteiger partial charge in [-0.25, -0.2) is 8.42 Å². The predicted octanol–water partition coefficient (Wildman–Crippen LogP) is 3.71. The molecule has 0 spiro atoms. The maximum Gasteiger partial charge on any atom is 0.262 e. The zero-order valence-electron chi connectivity index (χ0n) is 16.7. The van der Waals surface area contributed by atoms with Gasteiger partial charge >= 0.3 is 0 Å². The van der Waals surface area contributed by atoms with Gasteiger partial charge in [0, 0.05) is 23.4 Å². The summed E-state index contributed by atoms with van der Waals surface area (Å²) in [5, 5.41) is 3.09. The fourth-order valence-corrected chi connectivity index (χ4v) is 4.86. The van der Waals surface area contributed by atoms with Crippen LogP contribution in [0.25, 0.3) is 0 Å². The third kappa shape index (κ3) is 4.87. The van der Waals surface area contributed by atoms with E-state index >= 15 is 0 Å². The predicted molar refractivity (Wildman–Crippen MR) is 114 cm³/mol. The van der Waals surface area contributed by atoms with Crippen LogP contribution in [0.5, 0.6) is 11.5 Å². The Kier molecular flexibility index (Phi) is 6.13. The average Bonchev–Trinajstić information content (AvgIpc) is 3.02. The third-order valence-corrected chi connectivity index (χ3v) is 6.79. The van der Waals surface area contributed by atoms with Crippen molar-refractivity contribution in [3.63, 3.8) is 0 Å². The van der Waals surface area contributed by atoms with Crippen molar-refractivity contribution in [2.75, 3.05) is 17.9 Å². The molecule has 0 unspecified atom stereocenters. The van der Waals surface area contributed by atoms with Crippen LogP contribution in [0.3, 0.4) is 0 Å². The SMILES string of the molecule is O=C(NC1CCCCCC1)c1ccc(NS(=O)(=O)c2ccc3c(c2)OCCO3)cc1. The van der Waals surface area contributed by atoms with E-state index in [0.29, 0.717) is 36.0 Å². The fourth-order valence-electron chi connectivity index (χ4n) is 3.79. The van der Waals surface area contributed by atoms with Crippen LogP contribution >= 0.6 is 0 Å². The minimum absolute atomic E-state index is 0.0851. The smallest absolute Gasteiger partial charge is 0.262 e. The molecule has 4 rings (SSSR count). The first-order chi connectivity index (χ1) is 14.5. The molecule has 0 saturated heterocycles. The van der Waals surface area contributed by atoms with E-state index in [0.717, 1.165) is 25.7 Å². The van der Waals surface area contributed by atoms with Crippen LogP contribution in [0.1, 0.15) is 48.9 Å². The Balaban J connectivity index is 1.41. The number of rotatable bonds is 5. The molecule has 1 aliphatic carbocycles. The molecule has 1 amide bonds. The largest absolute Gasteiger partial charge is 0.486 e. The molecule has 2 aliphatic rings. The lowest BCUT2D eigenvalue weighted by Gasteiger charge is -2.19. The first kappa shape index (κ1) is 20.5. The molecule has 30 heavy (non-hydrogen) atoms. The zero-order valence-corrected chi connectivity index (χ0v) is 17.5. The summed E-state index contributed by atoms with van der Waals surface area (Å²) >= 11 is 0. The number of anilines is 1. The Morgan fingerprint density at radius 1 is 0.867 bits per heavy atom. The molecule has 160 valence electrons. The molecule has 1 saturated carbocycles. The van der Waals surface area contributed by atoms with Crippen LogP contribution in [0.4, 0.5) is 5.69 Å². The van der Waals surface area contributed by atoms with Crippen molar-refractivity contribution in [3.05, 3.63) is 48.0 Å². The second-order valence-electron chi connectivity index (χ2n) is 7.65. The molecule has 0 atom stereocenters. The normalized spacial score (nSPS) is 17.1. The fraction of sp³-hybridized carbons (Fsp3) is 0.409. The number of benzene rings is 2. The van der Waals surface area contributed by atoms with Crippen molar-refractivity contribution in [2.24, 2.45) is 0 Å². The van der Waals surface area contributed by atoms with E-state index in [9.17, 15) is 13.2 Å². The molecular weight excluding hydrogens is 404 g/mol. The molecule has 8 heteroatoms. The van der Waals surface area contributed by atoms with E-state index in [4.69, 9.17) is 9.47 Å². The molecular formula is C22H26N2O5S. The molecule has 1 aliphatic heterocycles. The highest BCUT2D eigenvalue weighted by Gasteiger charge is 2.20. The zero-order chi connectivity index (χ0) is 21.0. The summed E-state index contributed by atoms with van der Waals surface area (Å²) in [4.78, 5) is 12.6. The molecule has 1 fully saturated rings.